The van der Waals surface area contributed by atoms with Crippen LogP contribution in [0.2, 0.25) is 0 Å². The number of benzene rings is 2. The van der Waals surface area contributed by atoms with Gasteiger partial charge in [-0.1, -0.05) is 60.7 Å². The Hall–Kier alpha value is -3.29. The largest absolute Gasteiger partial charge is 0.379 e. The van der Waals surface area contributed by atoms with Gasteiger partial charge in [-0.15, -0.1) is 0 Å². The van der Waals surface area contributed by atoms with E-state index in [1.807, 2.05) is 17.0 Å². The van der Waals surface area contributed by atoms with Gasteiger partial charge in [-0.25, -0.2) is 9.78 Å². The third-order valence-corrected chi connectivity index (χ3v) is 5.97. The number of carbonyl (C=O) groups is 1. The van der Waals surface area contributed by atoms with E-state index in [1.54, 1.807) is 18.6 Å². The highest BCUT2D eigenvalue weighted by atomic mass is 16.5. The van der Waals surface area contributed by atoms with E-state index in [4.69, 9.17) is 4.74 Å². The summed E-state index contributed by atoms with van der Waals surface area (Å²) >= 11 is 0. The molecule has 2 heterocycles. The van der Waals surface area contributed by atoms with Gasteiger partial charge in [-0.2, -0.15) is 0 Å². The summed E-state index contributed by atoms with van der Waals surface area (Å²) in [6.07, 6.45) is 5.56. The Bertz CT molecular complexity index is 926. The van der Waals surface area contributed by atoms with Crippen molar-refractivity contribution in [3.8, 4) is 0 Å². The van der Waals surface area contributed by atoms with E-state index in [0.29, 0.717) is 18.9 Å². The van der Waals surface area contributed by atoms with Gasteiger partial charge in [0, 0.05) is 51.0 Å². The number of morpholine rings is 1. The van der Waals surface area contributed by atoms with Crippen LogP contribution < -0.4 is 5.32 Å². The molecule has 2 amide bonds. The molecular weight excluding hydrogens is 414 g/mol. The van der Waals surface area contributed by atoms with E-state index in [1.165, 1.54) is 11.1 Å². The lowest BCUT2D eigenvalue weighted by Crippen LogP contribution is -2.44. The summed E-state index contributed by atoms with van der Waals surface area (Å²) in [5.74, 6) is 0.671. The molecule has 0 radical (unpaired) electrons. The van der Waals surface area contributed by atoms with Crippen molar-refractivity contribution in [2.24, 2.45) is 0 Å². The first kappa shape index (κ1) is 22.9. The normalized spacial score (nSPS) is 14.2. The fourth-order valence-corrected chi connectivity index (χ4v) is 4.14. The van der Waals surface area contributed by atoms with E-state index < -0.39 is 0 Å². The summed E-state index contributed by atoms with van der Waals surface area (Å²) in [7, 11) is 0. The van der Waals surface area contributed by atoms with Gasteiger partial charge in [0.1, 0.15) is 0 Å². The summed E-state index contributed by atoms with van der Waals surface area (Å²) in [5.41, 5.74) is 2.51. The molecule has 1 fully saturated rings. The van der Waals surface area contributed by atoms with Gasteiger partial charge in [0.2, 0.25) is 0 Å². The Kier molecular flexibility index (Phi) is 8.38. The number of aromatic nitrogens is 2. The minimum atomic E-state index is -0.149. The molecule has 1 N–H and O–H groups in total. The molecule has 172 valence electrons. The van der Waals surface area contributed by atoms with Crippen LogP contribution in [0.1, 0.15) is 23.5 Å². The number of ether oxygens (including phenoxy) is 1. The van der Waals surface area contributed by atoms with Gasteiger partial charge in [-0.05, 0) is 17.5 Å². The highest BCUT2D eigenvalue weighted by molar-refractivity contribution is 5.88. The number of hydrogen-bond donors (Lipinski definition) is 1. The smallest absolute Gasteiger partial charge is 0.323 e. The fraction of sp³-hybridized carbons (Fsp3) is 0.346. The Labute approximate surface area is 195 Å². The molecule has 7 heteroatoms. The maximum atomic E-state index is 13.2. The first-order chi connectivity index (χ1) is 16.3. The Morgan fingerprint density at radius 3 is 2.24 bits per heavy atom. The lowest BCUT2D eigenvalue weighted by molar-refractivity contribution is 0.0351. The molecule has 1 aromatic heterocycles. The van der Waals surface area contributed by atoms with E-state index in [2.05, 4.69) is 68.7 Å². The number of amides is 2. The molecule has 0 bridgehead atoms. The number of urea groups is 1. The predicted molar refractivity (Wildman–Crippen MR) is 129 cm³/mol. The number of rotatable bonds is 9. The molecule has 7 nitrogen and oxygen atoms in total. The molecular formula is C26H31N5O2. The molecule has 3 aromatic rings. The van der Waals surface area contributed by atoms with Crippen molar-refractivity contribution in [2.75, 3.05) is 51.3 Å². The number of nitrogens with zero attached hydrogens (tertiary/aromatic N) is 4. The number of anilines is 1. The molecule has 2 aromatic carbocycles. The number of hydrogen-bond acceptors (Lipinski definition) is 5. The van der Waals surface area contributed by atoms with Crippen molar-refractivity contribution in [3.63, 3.8) is 0 Å². The van der Waals surface area contributed by atoms with Crippen molar-refractivity contribution in [3.05, 3.63) is 90.4 Å². The Morgan fingerprint density at radius 1 is 0.970 bits per heavy atom. The second-order valence-electron chi connectivity index (χ2n) is 8.12. The van der Waals surface area contributed by atoms with Crippen molar-refractivity contribution >= 4 is 11.8 Å². The molecule has 0 unspecified atom stereocenters. The zero-order valence-electron chi connectivity index (χ0n) is 18.8. The molecule has 33 heavy (non-hydrogen) atoms. The molecule has 0 aliphatic carbocycles. The van der Waals surface area contributed by atoms with Gasteiger partial charge in [-0.3, -0.25) is 15.2 Å². The molecule has 0 saturated carbocycles. The van der Waals surface area contributed by atoms with Crippen LogP contribution in [0.4, 0.5) is 10.6 Å². The maximum absolute atomic E-state index is 13.2. The van der Waals surface area contributed by atoms with E-state index in [9.17, 15) is 4.79 Å². The van der Waals surface area contributed by atoms with Crippen LogP contribution in [0.5, 0.6) is 0 Å². The molecule has 1 saturated heterocycles. The zero-order valence-corrected chi connectivity index (χ0v) is 18.8. The molecule has 4 rings (SSSR count). The minimum absolute atomic E-state index is 0.149. The monoisotopic (exact) mass is 445 g/mol. The van der Waals surface area contributed by atoms with Gasteiger partial charge in [0.05, 0.1) is 19.4 Å². The van der Waals surface area contributed by atoms with Gasteiger partial charge < -0.3 is 9.64 Å². The van der Waals surface area contributed by atoms with E-state index in [0.717, 1.165) is 39.3 Å². The average Bonchev–Trinajstić information content (AvgIpc) is 2.88. The summed E-state index contributed by atoms with van der Waals surface area (Å²) in [6, 6.07) is 20.9. The van der Waals surface area contributed by atoms with Crippen LogP contribution in [-0.2, 0) is 4.74 Å². The lowest BCUT2D eigenvalue weighted by Gasteiger charge is -2.31. The molecule has 0 spiro atoms. The maximum Gasteiger partial charge on any atom is 0.323 e. The summed E-state index contributed by atoms with van der Waals surface area (Å²) in [5, 5.41) is 2.90. The Morgan fingerprint density at radius 2 is 1.64 bits per heavy atom. The van der Waals surface area contributed by atoms with Crippen molar-refractivity contribution < 1.29 is 9.53 Å². The molecule has 1 aliphatic rings. The van der Waals surface area contributed by atoms with Crippen molar-refractivity contribution in [2.45, 2.75) is 12.3 Å². The van der Waals surface area contributed by atoms with E-state index in [-0.39, 0.29) is 11.9 Å². The predicted octanol–water partition coefficient (Wildman–Crippen LogP) is 3.86. The lowest BCUT2D eigenvalue weighted by atomic mass is 9.88. The zero-order chi connectivity index (χ0) is 22.7. The van der Waals surface area contributed by atoms with Crippen LogP contribution in [0, 0.1) is 0 Å². The first-order valence-electron chi connectivity index (χ1n) is 11.5. The van der Waals surface area contributed by atoms with Crippen LogP contribution in [0.25, 0.3) is 0 Å². The minimum Gasteiger partial charge on any atom is -0.379 e. The van der Waals surface area contributed by atoms with Crippen molar-refractivity contribution in [1.82, 2.24) is 19.8 Å². The standard InChI is InChI=1S/C26H31N5O2/c32-26(29-25-21-27-12-13-28-25)31(16-15-30-17-19-33-20-18-30)14-11-24(22-7-3-1-4-8-22)23-9-5-2-6-10-23/h1-10,12-13,21,24H,11,14-20H2,(H,28,29,32). The van der Waals surface area contributed by atoms with Crippen molar-refractivity contribution in [1.29, 1.82) is 0 Å². The van der Waals surface area contributed by atoms with Crippen LogP contribution in [-0.4, -0.2) is 71.7 Å². The van der Waals surface area contributed by atoms with Gasteiger partial charge >= 0.3 is 6.03 Å². The fourth-order valence-electron chi connectivity index (χ4n) is 4.14. The number of nitrogens with one attached hydrogen (secondary N) is 1. The molecule has 1 aliphatic heterocycles. The highest BCUT2D eigenvalue weighted by Crippen LogP contribution is 2.28. The summed E-state index contributed by atoms with van der Waals surface area (Å²) in [4.78, 5) is 25.7. The summed E-state index contributed by atoms with van der Waals surface area (Å²) < 4.78 is 5.46. The highest BCUT2D eigenvalue weighted by Gasteiger charge is 2.21. The van der Waals surface area contributed by atoms with Crippen LogP contribution in [0.3, 0.4) is 0 Å². The third kappa shape index (κ3) is 6.84. The SMILES string of the molecule is O=C(Nc1cnccn1)N(CCC(c1ccccc1)c1ccccc1)CCN1CCOCC1. The van der Waals surface area contributed by atoms with Gasteiger partial charge in [0.25, 0.3) is 0 Å². The topological polar surface area (TPSA) is 70.6 Å². The second kappa shape index (κ2) is 12.1. The average molecular weight is 446 g/mol. The van der Waals surface area contributed by atoms with Gasteiger partial charge in [0.15, 0.2) is 5.82 Å². The number of carbonyl (C=O) groups excluding carboxylic acids is 1. The second-order valence-corrected chi connectivity index (χ2v) is 8.12. The quantitative estimate of drug-likeness (QED) is 0.542. The molecule has 0 atom stereocenters. The third-order valence-electron chi connectivity index (χ3n) is 5.97. The van der Waals surface area contributed by atoms with Crippen LogP contribution in [0.15, 0.2) is 79.3 Å². The first-order valence-corrected chi connectivity index (χ1v) is 11.5. The van der Waals surface area contributed by atoms with Crippen LogP contribution >= 0.6 is 0 Å². The summed E-state index contributed by atoms with van der Waals surface area (Å²) in [6.45, 7) is 5.38. The Balaban J connectivity index is 1.47. The van der Waals surface area contributed by atoms with E-state index >= 15 is 0 Å².